The Morgan fingerprint density at radius 2 is 0.844 bits per heavy atom. The molecule has 0 saturated carbocycles. The molecule has 0 spiro atoms. The maximum Gasteiger partial charge on any atom is 0.194 e. The lowest BCUT2D eigenvalue weighted by molar-refractivity contribution is -0.108. The van der Waals surface area contributed by atoms with Crippen LogP contribution in [0.3, 0.4) is 0 Å². The largest absolute Gasteiger partial charge is 0.289 e. The molecule has 0 atom stereocenters. The van der Waals surface area contributed by atoms with Crippen molar-refractivity contribution >= 4 is 29.1 Å². The molecule has 156 valence electrons. The summed E-state index contributed by atoms with van der Waals surface area (Å²) in [5, 5.41) is 0. The van der Waals surface area contributed by atoms with Crippen molar-refractivity contribution in [2.45, 2.75) is 13.8 Å². The van der Waals surface area contributed by atoms with Crippen LogP contribution in [0.4, 0.5) is 0 Å². The number of carbonyl (C=O) groups excluding carboxylic acids is 1. The first-order chi connectivity index (χ1) is 15.6. The molecule has 1 nitrogen and oxygen atoms in total. The molecule has 0 N–H and O–H groups in total. The third-order valence-electron chi connectivity index (χ3n) is 5.44. The fourth-order valence-corrected chi connectivity index (χ4v) is 3.60. The summed E-state index contributed by atoms with van der Waals surface area (Å²) in [5.41, 5.74) is 7.51. The van der Waals surface area contributed by atoms with Crippen LogP contribution in [0.1, 0.15) is 33.4 Å². The number of benzene rings is 4. The molecule has 0 bridgehead atoms. The topological polar surface area (TPSA) is 17.1 Å². The highest BCUT2D eigenvalue weighted by Gasteiger charge is 2.19. The summed E-state index contributed by atoms with van der Waals surface area (Å²) < 4.78 is 0. The van der Waals surface area contributed by atoms with Gasteiger partial charge in [0.15, 0.2) is 5.78 Å². The second-order valence-electron chi connectivity index (χ2n) is 8.00. The predicted octanol–water partition coefficient (Wildman–Crippen LogP) is 7.65. The molecule has 1 heteroatoms. The van der Waals surface area contributed by atoms with Gasteiger partial charge in [-0.1, -0.05) is 120 Å². The monoisotopic (exact) mass is 414 g/mol. The molecule has 0 aliphatic rings. The molecular weight excluding hydrogens is 388 g/mol. The minimum atomic E-state index is 0.00501. The number of ketones is 1. The van der Waals surface area contributed by atoms with Gasteiger partial charge in [-0.15, -0.1) is 0 Å². The molecule has 4 rings (SSSR count). The smallest absolute Gasteiger partial charge is 0.194 e. The second kappa shape index (κ2) is 9.89. The van der Waals surface area contributed by atoms with E-state index in [2.05, 4.69) is 13.8 Å². The van der Waals surface area contributed by atoms with Crippen LogP contribution in [0.15, 0.2) is 109 Å². The number of Topliss-reactive ketones (excluding diaryl/α,β-unsaturated/α-hetero) is 1. The Labute approximate surface area is 190 Å². The van der Waals surface area contributed by atoms with Gasteiger partial charge in [0.25, 0.3) is 0 Å². The van der Waals surface area contributed by atoms with Gasteiger partial charge in [-0.25, -0.2) is 0 Å². The molecule has 0 amide bonds. The molecular formula is C31H26O. The summed E-state index contributed by atoms with van der Waals surface area (Å²) in [6.07, 6.45) is 3.97. The maximum atomic E-state index is 14.1. The highest BCUT2D eigenvalue weighted by molar-refractivity contribution is 6.46. The normalized spacial score (nSPS) is 11.9. The van der Waals surface area contributed by atoms with Crippen molar-refractivity contribution in [2.24, 2.45) is 0 Å². The van der Waals surface area contributed by atoms with Gasteiger partial charge in [0, 0.05) is 11.1 Å². The van der Waals surface area contributed by atoms with Gasteiger partial charge in [0.05, 0.1) is 0 Å². The van der Waals surface area contributed by atoms with E-state index in [1.54, 1.807) is 0 Å². The summed E-state index contributed by atoms with van der Waals surface area (Å²) in [6, 6.07) is 36.3. The molecule has 4 aromatic carbocycles. The van der Waals surface area contributed by atoms with Crippen LogP contribution in [0.2, 0.25) is 0 Å². The van der Waals surface area contributed by atoms with E-state index >= 15 is 0 Å². The first-order valence-corrected chi connectivity index (χ1v) is 10.8. The molecule has 0 radical (unpaired) electrons. The van der Waals surface area contributed by atoms with Crippen LogP contribution in [0.25, 0.3) is 23.3 Å². The minimum Gasteiger partial charge on any atom is -0.289 e. The molecule has 0 aliphatic carbocycles. The van der Waals surface area contributed by atoms with Crippen molar-refractivity contribution in [3.8, 4) is 0 Å². The molecule has 4 aromatic rings. The predicted molar refractivity (Wildman–Crippen MR) is 136 cm³/mol. The number of aryl methyl sites for hydroxylation is 2. The number of carbonyl (C=O) groups is 1. The van der Waals surface area contributed by atoms with Crippen LogP contribution in [-0.4, -0.2) is 5.78 Å². The van der Waals surface area contributed by atoms with Crippen LogP contribution >= 0.6 is 0 Å². The first-order valence-electron chi connectivity index (χ1n) is 10.8. The van der Waals surface area contributed by atoms with Gasteiger partial charge in [0.2, 0.25) is 0 Å². The Kier molecular flexibility index (Phi) is 6.57. The Morgan fingerprint density at radius 1 is 0.500 bits per heavy atom. The second-order valence-corrected chi connectivity index (χ2v) is 8.00. The summed E-state index contributed by atoms with van der Waals surface area (Å²) >= 11 is 0. The third-order valence-corrected chi connectivity index (χ3v) is 5.44. The van der Waals surface area contributed by atoms with Crippen LogP contribution in [0.5, 0.6) is 0 Å². The van der Waals surface area contributed by atoms with Crippen molar-refractivity contribution in [1.29, 1.82) is 0 Å². The van der Waals surface area contributed by atoms with Crippen LogP contribution in [0, 0.1) is 13.8 Å². The van der Waals surface area contributed by atoms with Gasteiger partial charge >= 0.3 is 0 Å². The summed E-state index contributed by atoms with van der Waals surface area (Å²) in [7, 11) is 0. The van der Waals surface area contributed by atoms with Gasteiger partial charge in [-0.05, 0) is 48.3 Å². The van der Waals surface area contributed by atoms with Gasteiger partial charge in [-0.2, -0.15) is 0 Å². The average Bonchev–Trinajstić information content (AvgIpc) is 2.83. The quantitative estimate of drug-likeness (QED) is 0.234. The lowest BCUT2D eigenvalue weighted by Crippen LogP contribution is -2.06. The lowest BCUT2D eigenvalue weighted by atomic mass is 9.89. The Balaban J connectivity index is 1.88. The standard InChI is InChI=1S/C31H26O/c1-23-13-17-27(18-14-23)29(21-25-9-5-3-6-10-25)31(32)30(22-26-11-7-4-8-12-26)28-19-15-24(2)16-20-28/h3-22H,1-2H3. The molecule has 0 aromatic heterocycles. The van der Waals surface area contributed by atoms with Crippen molar-refractivity contribution < 1.29 is 4.79 Å². The lowest BCUT2D eigenvalue weighted by Gasteiger charge is -2.13. The molecule has 32 heavy (non-hydrogen) atoms. The number of hydrogen-bond acceptors (Lipinski definition) is 1. The highest BCUT2D eigenvalue weighted by atomic mass is 16.1. The molecule has 0 aliphatic heterocycles. The Bertz CT molecular complexity index is 1140. The molecule has 0 unspecified atom stereocenters. The fraction of sp³-hybridized carbons (Fsp3) is 0.0645. The molecule has 0 heterocycles. The Morgan fingerprint density at radius 3 is 1.19 bits per heavy atom. The van der Waals surface area contributed by atoms with Gasteiger partial charge in [-0.3, -0.25) is 4.79 Å². The zero-order valence-corrected chi connectivity index (χ0v) is 18.5. The van der Waals surface area contributed by atoms with E-state index in [1.165, 1.54) is 11.1 Å². The van der Waals surface area contributed by atoms with E-state index in [1.807, 2.05) is 121 Å². The van der Waals surface area contributed by atoms with E-state index < -0.39 is 0 Å². The van der Waals surface area contributed by atoms with E-state index in [4.69, 9.17) is 0 Å². The number of allylic oxidation sites excluding steroid dienone is 2. The van der Waals surface area contributed by atoms with Crippen molar-refractivity contribution in [1.82, 2.24) is 0 Å². The van der Waals surface area contributed by atoms with Crippen molar-refractivity contribution in [2.75, 3.05) is 0 Å². The first kappa shape index (κ1) is 21.3. The van der Waals surface area contributed by atoms with Gasteiger partial charge < -0.3 is 0 Å². The van der Waals surface area contributed by atoms with E-state index in [0.717, 1.165) is 22.3 Å². The Hall–Kier alpha value is -3.97. The van der Waals surface area contributed by atoms with Crippen molar-refractivity contribution in [3.63, 3.8) is 0 Å². The van der Waals surface area contributed by atoms with Crippen LogP contribution < -0.4 is 0 Å². The van der Waals surface area contributed by atoms with E-state index in [-0.39, 0.29) is 5.78 Å². The SMILES string of the molecule is Cc1ccc(C(=Cc2ccccc2)C(=O)C(=Cc2ccccc2)c2ccc(C)cc2)cc1. The van der Waals surface area contributed by atoms with E-state index in [0.29, 0.717) is 11.1 Å². The van der Waals surface area contributed by atoms with Gasteiger partial charge in [0.1, 0.15) is 0 Å². The summed E-state index contributed by atoms with van der Waals surface area (Å²) in [5.74, 6) is 0.00501. The summed E-state index contributed by atoms with van der Waals surface area (Å²) in [4.78, 5) is 14.1. The zero-order valence-electron chi connectivity index (χ0n) is 18.5. The highest BCUT2D eigenvalue weighted by Crippen LogP contribution is 2.29. The minimum absolute atomic E-state index is 0.00501. The van der Waals surface area contributed by atoms with Crippen molar-refractivity contribution in [3.05, 3.63) is 143 Å². The third kappa shape index (κ3) is 5.19. The summed E-state index contributed by atoms with van der Waals surface area (Å²) in [6.45, 7) is 4.11. The number of hydrogen-bond donors (Lipinski definition) is 0. The fourth-order valence-electron chi connectivity index (χ4n) is 3.60. The molecule has 0 saturated heterocycles. The zero-order chi connectivity index (χ0) is 22.3. The maximum absolute atomic E-state index is 14.1. The number of rotatable bonds is 6. The average molecular weight is 415 g/mol. The van der Waals surface area contributed by atoms with Crippen LogP contribution in [-0.2, 0) is 4.79 Å². The molecule has 0 fully saturated rings. The van der Waals surface area contributed by atoms with E-state index in [9.17, 15) is 4.79 Å².